The van der Waals surface area contributed by atoms with Gasteiger partial charge in [0.25, 0.3) is 0 Å². The Labute approximate surface area is 223 Å². The van der Waals surface area contributed by atoms with Gasteiger partial charge in [0.1, 0.15) is 16.4 Å². The first-order chi connectivity index (χ1) is 18.4. The number of rotatable bonds is 7. The molecule has 39 heavy (non-hydrogen) atoms. The Morgan fingerprint density at radius 1 is 1.23 bits per heavy atom. The number of benzene rings is 1. The van der Waals surface area contributed by atoms with E-state index in [1.54, 1.807) is 30.5 Å². The maximum absolute atomic E-state index is 13.4. The van der Waals surface area contributed by atoms with Gasteiger partial charge in [0.05, 0.1) is 24.8 Å². The number of alkyl halides is 3. The molecule has 0 bridgehead atoms. The van der Waals surface area contributed by atoms with Crippen LogP contribution in [0.5, 0.6) is 0 Å². The van der Waals surface area contributed by atoms with Crippen LogP contribution in [0, 0.1) is 0 Å². The summed E-state index contributed by atoms with van der Waals surface area (Å²) in [6.07, 6.45) is -1.95. The van der Waals surface area contributed by atoms with Crippen molar-refractivity contribution in [3.05, 3.63) is 63.5 Å². The monoisotopic (exact) mass is 560 g/mol. The molecule has 204 valence electrons. The molecule has 0 fully saturated rings. The molecule has 0 saturated carbocycles. The summed E-state index contributed by atoms with van der Waals surface area (Å²) in [6, 6.07) is 5.67. The average molecular weight is 561 g/mol. The molecule has 4 aromatic rings. The normalized spacial score (nSPS) is 12.4. The number of ether oxygens (including phenoxy) is 1. The Morgan fingerprint density at radius 2 is 1.97 bits per heavy atom. The lowest BCUT2D eigenvalue weighted by atomic mass is 9.99. The van der Waals surface area contributed by atoms with Crippen molar-refractivity contribution < 1.29 is 32.6 Å². The maximum Gasteiger partial charge on any atom is 0.434 e. The molecule has 4 rings (SSSR count). The number of nitrogens with zero attached hydrogens (tertiary/aromatic N) is 3. The van der Waals surface area contributed by atoms with Crippen molar-refractivity contribution in [1.82, 2.24) is 14.5 Å². The van der Waals surface area contributed by atoms with Crippen LogP contribution in [-0.2, 0) is 15.7 Å². The summed E-state index contributed by atoms with van der Waals surface area (Å²) in [5.41, 5.74) is -0.470. The summed E-state index contributed by atoms with van der Waals surface area (Å²) in [6.45, 7) is 4.36. The Morgan fingerprint density at radius 3 is 2.59 bits per heavy atom. The van der Waals surface area contributed by atoms with Crippen LogP contribution in [0.4, 0.5) is 19.0 Å². The van der Waals surface area contributed by atoms with E-state index in [0.717, 1.165) is 16.7 Å². The summed E-state index contributed by atoms with van der Waals surface area (Å²) in [7, 11) is 0. The fourth-order valence-corrected chi connectivity index (χ4v) is 4.83. The number of nitrogens with one attached hydrogen (secondary N) is 1. The van der Waals surface area contributed by atoms with Crippen LogP contribution in [0.25, 0.3) is 32.6 Å². The molecule has 1 atom stereocenters. The smallest absolute Gasteiger partial charge is 0.434 e. The maximum atomic E-state index is 13.4. The quantitative estimate of drug-likeness (QED) is 0.309. The molecule has 3 heterocycles. The van der Waals surface area contributed by atoms with E-state index in [4.69, 9.17) is 4.74 Å². The molecule has 0 saturated heterocycles. The molecule has 0 aliphatic rings. The third-order valence-electron chi connectivity index (χ3n) is 5.81. The zero-order valence-corrected chi connectivity index (χ0v) is 21.8. The second kappa shape index (κ2) is 10.9. The fraction of sp³-hybridized carbons (Fsp3) is 0.269. The number of aliphatic hydroxyl groups is 1. The van der Waals surface area contributed by atoms with E-state index in [9.17, 15) is 32.7 Å². The third-order valence-corrected chi connectivity index (χ3v) is 6.69. The van der Waals surface area contributed by atoms with Crippen molar-refractivity contribution in [3.8, 4) is 21.7 Å². The average Bonchev–Trinajstić information content (AvgIpc) is 3.39. The number of carbonyl (C=O) groups excluding carboxylic acids is 2. The van der Waals surface area contributed by atoms with Gasteiger partial charge >= 0.3 is 12.1 Å². The van der Waals surface area contributed by atoms with E-state index in [2.05, 4.69) is 15.3 Å². The number of esters is 1. The second-order valence-corrected chi connectivity index (χ2v) is 9.45. The Kier molecular flexibility index (Phi) is 7.84. The number of fused-ring (bicyclic) bond motifs is 1. The number of hydrogen-bond donors (Lipinski definition) is 2. The summed E-state index contributed by atoms with van der Waals surface area (Å²) < 4.78 is 46.5. The van der Waals surface area contributed by atoms with E-state index in [1.165, 1.54) is 31.5 Å². The van der Waals surface area contributed by atoms with Crippen LogP contribution in [0.1, 0.15) is 42.9 Å². The molecule has 13 heteroatoms. The minimum absolute atomic E-state index is 0.0259. The van der Waals surface area contributed by atoms with Crippen molar-refractivity contribution in [2.45, 2.75) is 33.0 Å². The second-order valence-electron chi connectivity index (χ2n) is 8.60. The lowest BCUT2D eigenvalue weighted by Gasteiger charge is -2.19. The van der Waals surface area contributed by atoms with Crippen molar-refractivity contribution in [2.75, 3.05) is 18.5 Å². The number of hydrogen-bond acceptors (Lipinski definition) is 8. The van der Waals surface area contributed by atoms with Crippen molar-refractivity contribution >= 4 is 39.9 Å². The number of anilines is 1. The zero-order chi connectivity index (χ0) is 28.5. The molecular weight excluding hydrogens is 537 g/mol. The fourth-order valence-electron chi connectivity index (χ4n) is 3.97. The molecule has 1 aromatic carbocycles. The van der Waals surface area contributed by atoms with Crippen molar-refractivity contribution in [3.63, 3.8) is 0 Å². The van der Waals surface area contributed by atoms with E-state index in [-0.39, 0.29) is 40.6 Å². The van der Waals surface area contributed by atoms with E-state index >= 15 is 0 Å². The molecule has 0 radical (unpaired) electrons. The van der Waals surface area contributed by atoms with Gasteiger partial charge in [0, 0.05) is 41.2 Å². The van der Waals surface area contributed by atoms with E-state index < -0.39 is 35.2 Å². The van der Waals surface area contributed by atoms with Crippen LogP contribution in [0.3, 0.4) is 0 Å². The predicted octanol–water partition coefficient (Wildman–Crippen LogP) is 4.89. The van der Waals surface area contributed by atoms with Gasteiger partial charge in [0.15, 0.2) is 5.69 Å². The highest BCUT2D eigenvalue weighted by molar-refractivity contribution is 7.13. The number of thiazole rings is 1. The van der Waals surface area contributed by atoms with E-state index in [1.807, 2.05) is 0 Å². The van der Waals surface area contributed by atoms with Gasteiger partial charge in [-0.05, 0) is 37.6 Å². The molecule has 0 spiro atoms. The number of halogens is 3. The summed E-state index contributed by atoms with van der Waals surface area (Å²) in [5.74, 6) is -1.14. The molecule has 0 aliphatic carbocycles. The summed E-state index contributed by atoms with van der Waals surface area (Å²) >= 11 is 0.767. The SMILES string of the molecule is CCOC(=O)c1cn([C@@H](C)CO)c2ccc(-c3cnc(NC(C)=O)cc3-c3nc(C(F)(F)F)cs3)cc2c1=O. The highest BCUT2D eigenvalue weighted by atomic mass is 32.1. The summed E-state index contributed by atoms with van der Waals surface area (Å²) in [4.78, 5) is 45.4. The molecule has 3 aromatic heterocycles. The minimum atomic E-state index is -4.65. The van der Waals surface area contributed by atoms with Crippen LogP contribution < -0.4 is 10.7 Å². The molecule has 9 nitrogen and oxygen atoms in total. The third kappa shape index (κ3) is 5.68. The lowest BCUT2D eigenvalue weighted by Crippen LogP contribution is -2.23. The highest BCUT2D eigenvalue weighted by Crippen LogP contribution is 2.39. The highest BCUT2D eigenvalue weighted by Gasteiger charge is 2.34. The largest absolute Gasteiger partial charge is 0.462 e. The van der Waals surface area contributed by atoms with Gasteiger partial charge in [-0.15, -0.1) is 11.3 Å². The Hall–Kier alpha value is -4.10. The molecule has 0 unspecified atom stereocenters. The topological polar surface area (TPSA) is 123 Å². The first-order valence-corrected chi connectivity index (χ1v) is 12.6. The van der Waals surface area contributed by atoms with Gasteiger partial charge in [-0.25, -0.2) is 14.8 Å². The van der Waals surface area contributed by atoms with Crippen LogP contribution >= 0.6 is 11.3 Å². The number of aromatic nitrogens is 3. The Bertz CT molecular complexity index is 1630. The molecule has 1 amide bonds. The molecule has 0 aliphatic heterocycles. The van der Waals surface area contributed by atoms with E-state index in [0.29, 0.717) is 16.6 Å². The lowest BCUT2D eigenvalue weighted by molar-refractivity contribution is -0.140. The Balaban J connectivity index is 1.97. The predicted molar refractivity (Wildman–Crippen MR) is 140 cm³/mol. The first-order valence-electron chi connectivity index (χ1n) is 11.7. The number of amides is 1. The van der Waals surface area contributed by atoms with Gasteiger partial charge < -0.3 is 19.7 Å². The number of pyridine rings is 2. The first kappa shape index (κ1) is 27.9. The van der Waals surface area contributed by atoms with Crippen LogP contribution in [-0.4, -0.2) is 44.7 Å². The minimum Gasteiger partial charge on any atom is -0.462 e. The van der Waals surface area contributed by atoms with Crippen molar-refractivity contribution in [2.24, 2.45) is 0 Å². The standard InChI is InChI=1S/C26H23F3N4O5S/c1-4-38-25(37)19-10-33(13(2)11-34)20-6-5-15(7-17(20)23(19)36)18-9-30-22(31-14(3)35)8-16(18)24-32-21(12-39-24)26(27,28)29/h5-10,12-13,34H,4,11H2,1-3H3,(H,30,31,35)/t13-/m0/s1. The van der Waals surface area contributed by atoms with Gasteiger partial charge in [-0.2, -0.15) is 13.2 Å². The number of carbonyl (C=O) groups is 2. The van der Waals surface area contributed by atoms with Crippen molar-refractivity contribution in [1.29, 1.82) is 0 Å². The summed E-state index contributed by atoms with van der Waals surface area (Å²) in [5, 5.41) is 13.3. The van der Waals surface area contributed by atoms with Crippen LogP contribution in [0.2, 0.25) is 0 Å². The zero-order valence-electron chi connectivity index (χ0n) is 21.0. The molecular formula is C26H23F3N4O5S. The number of aliphatic hydroxyl groups excluding tert-OH is 1. The van der Waals surface area contributed by atoms with Crippen LogP contribution in [0.15, 0.2) is 46.8 Å². The van der Waals surface area contributed by atoms with Gasteiger partial charge in [-0.1, -0.05) is 6.07 Å². The van der Waals surface area contributed by atoms with Gasteiger partial charge in [0.2, 0.25) is 11.3 Å². The molecule has 2 N–H and O–H groups in total. The van der Waals surface area contributed by atoms with Gasteiger partial charge in [-0.3, -0.25) is 9.59 Å².